The van der Waals surface area contributed by atoms with Gasteiger partial charge in [0.1, 0.15) is 0 Å². The summed E-state index contributed by atoms with van der Waals surface area (Å²) in [5.74, 6) is 0. The minimum atomic E-state index is -0.104. The Bertz CT molecular complexity index is 862. The lowest BCUT2D eigenvalue weighted by molar-refractivity contribution is 0.113. The van der Waals surface area contributed by atoms with Gasteiger partial charge in [-0.05, 0) is 67.0 Å². The third-order valence-corrected chi connectivity index (χ3v) is 5.54. The fraction of sp³-hybridized carbons (Fsp3) is 0.524. The van der Waals surface area contributed by atoms with Crippen LogP contribution in [0.1, 0.15) is 37.3 Å². The van der Waals surface area contributed by atoms with Crippen LogP contribution in [-0.4, -0.2) is 52.5 Å². The molecule has 0 amide bonds. The largest absolute Gasteiger partial charge is 0.396 e. The molecular formula is C21H29N3O3S. The molecule has 152 valence electrons. The van der Waals surface area contributed by atoms with Crippen LogP contribution in [0.25, 0.3) is 10.9 Å². The van der Waals surface area contributed by atoms with Crippen molar-refractivity contribution in [3.8, 4) is 0 Å². The van der Waals surface area contributed by atoms with E-state index in [-0.39, 0.29) is 18.3 Å². The van der Waals surface area contributed by atoms with Gasteiger partial charge in [-0.1, -0.05) is 13.0 Å². The zero-order valence-corrected chi connectivity index (χ0v) is 17.2. The lowest BCUT2D eigenvalue weighted by atomic mass is 10.1. The lowest BCUT2D eigenvalue weighted by Crippen LogP contribution is -2.43. The number of aromatic amines is 1. The molecule has 7 heteroatoms. The Morgan fingerprint density at radius 1 is 1.43 bits per heavy atom. The minimum absolute atomic E-state index is 0.0821. The van der Waals surface area contributed by atoms with Gasteiger partial charge in [-0.25, -0.2) is 0 Å². The molecule has 1 aromatic heterocycles. The maximum atomic E-state index is 12.6. The monoisotopic (exact) mass is 403 g/mol. The molecule has 1 aliphatic rings. The van der Waals surface area contributed by atoms with Crippen LogP contribution in [-0.2, 0) is 17.7 Å². The van der Waals surface area contributed by atoms with Gasteiger partial charge in [0.2, 0.25) is 0 Å². The van der Waals surface area contributed by atoms with Crippen LogP contribution in [0.4, 0.5) is 0 Å². The van der Waals surface area contributed by atoms with Gasteiger partial charge in [-0.15, -0.1) is 0 Å². The topological polar surface area (TPSA) is 77.6 Å². The summed E-state index contributed by atoms with van der Waals surface area (Å²) in [5, 5.41) is 14.1. The molecule has 2 heterocycles. The molecule has 0 radical (unpaired) electrons. The van der Waals surface area contributed by atoms with E-state index in [4.69, 9.17) is 17.0 Å². The van der Waals surface area contributed by atoms with E-state index in [2.05, 4.69) is 23.3 Å². The number of aliphatic hydroxyl groups excluding tert-OH is 1. The normalized spacial score (nSPS) is 16.4. The van der Waals surface area contributed by atoms with Crippen molar-refractivity contribution in [2.75, 3.05) is 26.3 Å². The molecule has 0 bridgehead atoms. The van der Waals surface area contributed by atoms with Crippen LogP contribution >= 0.6 is 12.2 Å². The minimum Gasteiger partial charge on any atom is -0.396 e. The smallest absolute Gasteiger partial charge is 0.253 e. The van der Waals surface area contributed by atoms with Gasteiger partial charge in [0, 0.05) is 37.4 Å². The fourth-order valence-electron chi connectivity index (χ4n) is 3.48. The van der Waals surface area contributed by atoms with Crippen molar-refractivity contribution in [2.45, 2.75) is 45.3 Å². The van der Waals surface area contributed by atoms with E-state index in [1.54, 1.807) is 0 Å². The van der Waals surface area contributed by atoms with E-state index in [0.29, 0.717) is 36.7 Å². The molecular weight excluding hydrogens is 374 g/mol. The Labute approximate surface area is 170 Å². The Hall–Kier alpha value is -1.96. The molecule has 3 N–H and O–H groups in total. The number of nitrogens with one attached hydrogen (secondary N) is 2. The van der Waals surface area contributed by atoms with E-state index in [9.17, 15) is 9.90 Å². The van der Waals surface area contributed by atoms with Crippen molar-refractivity contribution in [3.05, 3.63) is 45.7 Å². The number of aryl methyl sites for hydroxylation is 1. The van der Waals surface area contributed by atoms with Crippen molar-refractivity contribution < 1.29 is 9.84 Å². The zero-order chi connectivity index (χ0) is 19.9. The average molecular weight is 404 g/mol. The highest BCUT2D eigenvalue weighted by Crippen LogP contribution is 2.16. The number of pyridine rings is 1. The van der Waals surface area contributed by atoms with Gasteiger partial charge >= 0.3 is 0 Å². The van der Waals surface area contributed by atoms with Gasteiger partial charge in [0.15, 0.2) is 5.11 Å². The van der Waals surface area contributed by atoms with Crippen molar-refractivity contribution >= 4 is 28.2 Å². The molecule has 3 rings (SSSR count). The van der Waals surface area contributed by atoms with Crippen LogP contribution < -0.4 is 10.9 Å². The summed E-state index contributed by atoms with van der Waals surface area (Å²) < 4.78 is 5.64. The molecule has 28 heavy (non-hydrogen) atoms. The quantitative estimate of drug-likeness (QED) is 0.587. The first-order chi connectivity index (χ1) is 13.6. The highest BCUT2D eigenvalue weighted by molar-refractivity contribution is 7.80. The van der Waals surface area contributed by atoms with Crippen LogP contribution in [0.5, 0.6) is 0 Å². The first kappa shape index (κ1) is 20.8. The number of hydrogen-bond donors (Lipinski definition) is 3. The molecule has 0 saturated carbocycles. The lowest BCUT2D eigenvalue weighted by Gasteiger charge is -2.26. The second kappa shape index (κ2) is 10.0. The summed E-state index contributed by atoms with van der Waals surface area (Å²) >= 11 is 5.57. The Kier molecular flexibility index (Phi) is 7.42. The number of fused-ring (bicyclic) bond motifs is 1. The van der Waals surface area contributed by atoms with Crippen LogP contribution in [0.15, 0.2) is 29.1 Å². The summed E-state index contributed by atoms with van der Waals surface area (Å²) in [6.45, 7) is 4.66. The second-order valence-corrected chi connectivity index (χ2v) is 7.61. The Morgan fingerprint density at radius 3 is 3.00 bits per heavy atom. The Balaban J connectivity index is 1.75. The molecule has 1 saturated heterocycles. The maximum Gasteiger partial charge on any atom is 0.253 e. The molecule has 1 aromatic carbocycles. The predicted octanol–water partition coefficient (Wildman–Crippen LogP) is 2.33. The SMILES string of the molecule is CCc1ccc2[nH]c(=O)c(CN(CCCO)C(=S)NC[C@H]3CCCO3)cc2c1. The Morgan fingerprint density at radius 2 is 2.29 bits per heavy atom. The van der Waals surface area contributed by atoms with E-state index >= 15 is 0 Å². The number of aromatic nitrogens is 1. The first-order valence-electron chi connectivity index (χ1n) is 10.0. The highest BCUT2D eigenvalue weighted by atomic mass is 32.1. The summed E-state index contributed by atoms with van der Waals surface area (Å²) in [6.07, 6.45) is 3.85. The van der Waals surface area contributed by atoms with Crippen molar-refractivity contribution in [2.24, 2.45) is 0 Å². The zero-order valence-electron chi connectivity index (χ0n) is 16.4. The molecule has 1 fully saturated rings. The van der Waals surface area contributed by atoms with Crippen molar-refractivity contribution in [1.29, 1.82) is 0 Å². The third kappa shape index (κ3) is 5.31. The van der Waals surface area contributed by atoms with E-state index in [0.717, 1.165) is 36.8 Å². The molecule has 0 spiro atoms. The molecule has 1 aliphatic heterocycles. The van der Waals surface area contributed by atoms with Crippen LogP contribution in [0, 0.1) is 0 Å². The van der Waals surface area contributed by atoms with Crippen molar-refractivity contribution in [1.82, 2.24) is 15.2 Å². The number of aliphatic hydroxyl groups is 1. The number of hydrogen-bond acceptors (Lipinski definition) is 4. The predicted molar refractivity (Wildman–Crippen MR) is 116 cm³/mol. The molecule has 6 nitrogen and oxygen atoms in total. The van der Waals surface area contributed by atoms with Gasteiger partial charge in [-0.3, -0.25) is 4.79 Å². The molecule has 1 atom stereocenters. The molecule has 0 aliphatic carbocycles. The molecule has 0 unspecified atom stereocenters. The van der Waals surface area contributed by atoms with Gasteiger partial charge in [0.25, 0.3) is 5.56 Å². The van der Waals surface area contributed by atoms with Gasteiger partial charge in [0.05, 0.1) is 12.6 Å². The summed E-state index contributed by atoms with van der Waals surface area (Å²) in [4.78, 5) is 17.5. The number of rotatable bonds is 8. The number of nitrogens with zero attached hydrogens (tertiary/aromatic N) is 1. The summed E-state index contributed by atoms with van der Waals surface area (Å²) in [6, 6.07) is 8.05. The second-order valence-electron chi connectivity index (χ2n) is 7.22. The molecule has 2 aromatic rings. The highest BCUT2D eigenvalue weighted by Gasteiger charge is 2.18. The average Bonchev–Trinajstić information content (AvgIpc) is 3.22. The third-order valence-electron chi connectivity index (χ3n) is 5.13. The summed E-state index contributed by atoms with van der Waals surface area (Å²) in [7, 11) is 0. The number of H-pyrrole nitrogens is 1. The van der Waals surface area contributed by atoms with E-state index < -0.39 is 0 Å². The number of thiocarbonyl (C=S) groups is 1. The van der Waals surface area contributed by atoms with Crippen LogP contribution in [0.3, 0.4) is 0 Å². The fourth-order valence-corrected chi connectivity index (χ4v) is 3.72. The van der Waals surface area contributed by atoms with E-state index in [1.165, 1.54) is 5.56 Å². The number of ether oxygens (including phenoxy) is 1. The van der Waals surface area contributed by atoms with E-state index in [1.807, 2.05) is 23.1 Å². The maximum absolute atomic E-state index is 12.6. The van der Waals surface area contributed by atoms with Crippen LogP contribution in [0.2, 0.25) is 0 Å². The van der Waals surface area contributed by atoms with Gasteiger partial charge in [-0.2, -0.15) is 0 Å². The standard InChI is InChI=1S/C21H29N3O3S/c1-2-15-6-7-19-16(11-15)12-17(20(26)23-19)14-24(8-4-9-25)21(28)22-13-18-5-3-10-27-18/h6-7,11-12,18,25H,2-5,8-10,13-14H2,1H3,(H,22,28)(H,23,26)/t18-/m1/s1. The number of benzene rings is 1. The summed E-state index contributed by atoms with van der Waals surface area (Å²) in [5.41, 5.74) is 2.64. The first-order valence-corrected chi connectivity index (χ1v) is 10.4. The van der Waals surface area contributed by atoms with Gasteiger partial charge < -0.3 is 25.0 Å². The van der Waals surface area contributed by atoms with Crippen molar-refractivity contribution in [3.63, 3.8) is 0 Å².